The number of hydrogen-bond acceptors (Lipinski definition) is 4. The predicted molar refractivity (Wildman–Crippen MR) is 119 cm³/mol. The number of carbonyl (C=O) groups is 4. The Labute approximate surface area is 191 Å². The van der Waals surface area contributed by atoms with E-state index in [0.29, 0.717) is 12.0 Å². The molecule has 0 spiro atoms. The quantitative estimate of drug-likeness (QED) is 0.567. The number of imide groups is 1. The van der Waals surface area contributed by atoms with Gasteiger partial charge in [0.15, 0.2) is 0 Å². The van der Waals surface area contributed by atoms with Crippen LogP contribution in [0.15, 0.2) is 54.6 Å². The summed E-state index contributed by atoms with van der Waals surface area (Å²) >= 11 is 0. The lowest BCUT2D eigenvalue weighted by Crippen LogP contribution is -2.47. The van der Waals surface area contributed by atoms with Gasteiger partial charge in [-0.05, 0) is 36.6 Å². The molecule has 1 aliphatic rings. The third-order valence-electron chi connectivity index (χ3n) is 5.74. The third kappa shape index (κ3) is 5.19. The highest BCUT2D eigenvalue weighted by molar-refractivity contribution is 6.09. The summed E-state index contributed by atoms with van der Waals surface area (Å²) in [5.74, 6) is -1.78. The fourth-order valence-electron chi connectivity index (χ4n) is 3.78. The number of nitrogens with zero attached hydrogens (tertiary/aromatic N) is 2. The molecule has 9 heteroatoms. The maximum Gasteiger partial charge on any atom is 0.325 e. The molecule has 2 N–H and O–H groups in total. The number of urea groups is 1. The number of rotatable bonds is 9. The second kappa shape index (κ2) is 10.2. The van der Waals surface area contributed by atoms with Gasteiger partial charge in [0.1, 0.15) is 17.9 Å². The van der Waals surface area contributed by atoms with Gasteiger partial charge in [-0.3, -0.25) is 19.3 Å². The largest absolute Gasteiger partial charge is 0.350 e. The van der Waals surface area contributed by atoms with E-state index in [1.807, 2.05) is 6.07 Å². The van der Waals surface area contributed by atoms with Crippen LogP contribution in [0.2, 0.25) is 0 Å². The molecule has 3 rings (SSSR count). The van der Waals surface area contributed by atoms with Crippen LogP contribution < -0.4 is 10.6 Å². The van der Waals surface area contributed by atoms with Gasteiger partial charge < -0.3 is 15.5 Å². The summed E-state index contributed by atoms with van der Waals surface area (Å²) in [6.45, 7) is 3.23. The number of carbonyl (C=O) groups excluding carboxylic acids is 4. The topological polar surface area (TPSA) is 98.8 Å². The predicted octanol–water partition coefficient (Wildman–Crippen LogP) is 2.15. The molecule has 2 aromatic rings. The Hall–Kier alpha value is -3.75. The zero-order valence-corrected chi connectivity index (χ0v) is 18.6. The lowest BCUT2D eigenvalue weighted by molar-refractivity contribution is -0.140. The van der Waals surface area contributed by atoms with Crippen LogP contribution in [0.5, 0.6) is 0 Å². The molecule has 1 atom stereocenters. The van der Waals surface area contributed by atoms with Crippen LogP contribution in [-0.4, -0.2) is 53.2 Å². The van der Waals surface area contributed by atoms with E-state index in [0.717, 1.165) is 10.5 Å². The first-order valence-electron chi connectivity index (χ1n) is 10.8. The Bertz CT molecular complexity index is 1030. The van der Waals surface area contributed by atoms with Crippen LogP contribution in [0.25, 0.3) is 0 Å². The summed E-state index contributed by atoms with van der Waals surface area (Å²) in [5.41, 5.74) is 0.144. The SMILES string of the molecule is CCN(CC(=O)NCc1ccc(F)cc1)C(=O)CN1C(=O)N[C@](CC)(c2ccccc2)C1=O. The van der Waals surface area contributed by atoms with Gasteiger partial charge in [0.25, 0.3) is 5.91 Å². The van der Waals surface area contributed by atoms with Crippen LogP contribution in [0, 0.1) is 5.82 Å². The first-order chi connectivity index (χ1) is 15.8. The van der Waals surface area contributed by atoms with Crippen molar-refractivity contribution in [1.82, 2.24) is 20.4 Å². The maximum absolute atomic E-state index is 13.2. The molecular weight excluding hydrogens is 427 g/mol. The van der Waals surface area contributed by atoms with E-state index in [1.165, 1.54) is 17.0 Å². The summed E-state index contributed by atoms with van der Waals surface area (Å²) in [7, 11) is 0. The van der Waals surface area contributed by atoms with E-state index >= 15 is 0 Å². The summed E-state index contributed by atoms with van der Waals surface area (Å²) < 4.78 is 13.0. The monoisotopic (exact) mass is 454 g/mol. The molecule has 1 aliphatic heterocycles. The van der Waals surface area contributed by atoms with Gasteiger partial charge in [0.05, 0.1) is 6.54 Å². The van der Waals surface area contributed by atoms with Crippen LogP contribution >= 0.6 is 0 Å². The zero-order valence-electron chi connectivity index (χ0n) is 18.6. The Kier molecular flexibility index (Phi) is 7.42. The first kappa shape index (κ1) is 23.9. The molecule has 1 saturated heterocycles. The standard InChI is InChI=1S/C24H27FN4O4/c1-3-24(18-8-6-5-7-9-18)22(32)29(23(33)27-24)16-21(31)28(4-2)15-20(30)26-14-17-10-12-19(25)13-11-17/h5-13H,3-4,14-16H2,1-2H3,(H,26,30)(H,27,33)/t24-/m1/s1. The Morgan fingerprint density at radius 2 is 1.73 bits per heavy atom. The van der Waals surface area contributed by atoms with Crippen molar-refractivity contribution in [3.63, 3.8) is 0 Å². The summed E-state index contributed by atoms with van der Waals surface area (Å²) in [6.07, 6.45) is 0.329. The number of hydrogen-bond donors (Lipinski definition) is 2. The van der Waals surface area contributed by atoms with E-state index in [9.17, 15) is 23.6 Å². The first-order valence-corrected chi connectivity index (χ1v) is 10.8. The second-order valence-corrected chi connectivity index (χ2v) is 7.76. The Balaban J connectivity index is 1.62. The van der Waals surface area contributed by atoms with Crippen molar-refractivity contribution in [2.45, 2.75) is 32.4 Å². The summed E-state index contributed by atoms with van der Waals surface area (Å²) in [4.78, 5) is 53.1. The van der Waals surface area contributed by atoms with Crippen molar-refractivity contribution in [2.75, 3.05) is 19.6 Å². The maximum atomic E-state index is 13.2. The smallest absolute Gasteiger partial charge is 0.325 e. The molecule has 0 radical (unpaired) electrons. The van der Waals surface area contributed by atoms with Gasteiger partial charge >= 0.3 is 6.03 Å². The Morgan fingerprint density at radius 3 is 2.33 bits per heavy atom. The molecule has 0 aromatic heterocycles. The Morgan fingerprint density at radius 1 is 1.06 bits per heavy atom. The van der Waals surface area contributed by atoms with Gasteiger partial charge in [-0.1, -0.05) is 49.4 Å². The minimum Gasteiger partial charge on any atom is -0.350 e. The van der Waals surface area contributed by atoms with Crippen molar-refractivity contribution in [1.29, 1.82) is 0 Å². The number of amides is 5. The molecular formula is C24H27FN4O4. The van der Waals surface area contributed by atoms with Crippen molar-refractivity contribution in [2.24, 2.45) is 0 Å². The normalized spacial score (nSPS) is 17.6. The molecule has 0 aliphatic carbocycles. The van der Waals surface area contributed by atoms with Crippen LogP contribution in [0.1, 0.15) is 31.4 Å². The van der Waals surface area contributed by atoms with Crippen molar-refractivity contribution in [3.05, 3.63) is 71.5 Å². The van der Waals surface area contributed by atoms with Gasteiger partial charge in [0.2, 0.25) is 11.8 Å². The van der Waals surface area contributed by atoms with E-state index in [-0.39, 0.29) is 25.5 Å². The van der Waals surface area contributed by atoms with E-state index < -0.39 is 35.8 Å². The van der Waals surface area contributed by atoms with Gasteiger partial charge in [-0.25, -0.2) is 9.18 Å². The molecule has 0 saturated carbocycles. The minimum absolute atomic E-state index is 0.188. The van der Waals surface area contributed by atoms with Gasteiger partial charge in [-0.15, -0.1) is 0 Å². The average molecular weight is 455 g/mol. The molecule has 8 nitrogen and oxygen atoms in total. The fourth-order valence-corrected chi connectivity index (χ4v) is 3.78. The zero-order chi connectivity index (χ0) is 24.0. The van der Waals surface area contributed by atoms with Crippen molar-refractivity contribution in [3.8, 4) is 0 Å². The van der Waals surface area contributed by atoms with Crippen molar-refractivity contribution >= 4 is 23.8 Å². The van der Waals surface area contributed by atoms with Crippen LogP contribution in [-0.2, 0) is 26.5 Å². The highest BCUT2D eigenvalue weighted by atomic mass is 19.1. The second-order valence-electron chi connectivity index (χ2n) is 7.76. The number of likely N-dealkylation sites (N-methyl/N-ethyl adjacent to an activating group) is 1. The third-order valence-corrected chi connectivity index (χ3v) is 5.74. The molecule has 2 aromatic carbocycles. The van der Waals surface area contributed by atoms with Crippen molar-refractivity contribution < 1.29 is 23.6 Å². The fraction of sp³-hybridized carbons (Fsp3) is 0.333. The summed E-state index contributed by atoms with van der Waals surface area (Å²) in [6, 6.07) is 14.0. The van der Waals surface area contributed by atoms with E-state index in [1.54, 1.807) is 50.2 Å². The highest BCUT2D eigenvalue weighted by Gasteiger charge is 2.51. The molecule has 33 heavy (non-hydrogen) atoms. The molecule has 1 heterocycles. The lowest BCUT2D eigenvalue weighted by Gasteiger charge is -2.26. The number of halogens is 1. The molecule has 1 fully saturated rings. The number of benzene rings is 2. The minimum atomic E-state index is -1.22. The lowest BCUT2D eigenvalue weighted by atomic mass is 9.87. The van der Waals surface area contributed by atoms with Gasteiger partial charge in [-0.2, -0.15) is 0 Å². The van der Waals surface area contributed by atoms with E-state index in [2.05, 4.69) is 10.6 Å². The summed E-state index contributed by atoms with van der Waals surface area (Å²) in [5, 5.41) is 5.42. The average Bonchev–Trinajstić information content (AvgIpc) is 3.07. The van der Waals surface area contributed by atoms with E-state index in [4.69, 9.17) is 0 Å². The molecule has 0 bridgehead atoms. The molecule has 174 valence electrons. The highest BCUT2D eigenvalue weighted by Crippen LogP contribution is 2.32. The molecule has 5 amide bonds. The number of nitrogens with one attached hydrogen (secondary N) is 2. The van der Waals surface area contributed by atoms with Crippen LogP contribution in [0.4, 0.5) is 9.18 Å². The van der Waals surface area contributed by atoms with Gasteiger partial charge in [0, 0.05) is 13.1 Å². The molecule has 0 unspecified atom stereocenters. The van der Waals surface area contributed by atoms with Crippen LogP contribution in [0.3, 0.4) is 0 Å².